The van der Waals surface area contributed by atoms with E-state index in [2.05, 4.69) is 0 Å². The van der Waals surface area contributed by atoms with E-state index in [1.54, 1.807) is 25.8 Å². The van der Waals surface area contributed by atoms with Crippen molar-refractivity contribution in [3.8, 4) is 0 Å². The molecule has 0 saturated heterocycles. The molecule has 0 aliphatic heterocycles. The molecular weight excluding hydrogens is 190 g/mol. The molecule has 0 aromatic heterocycles. The Hall–Kier alpha value is -0.260. The van der Waals surface area contributed by atoms with E-state index >= 15 is 0 Å². The highest BCUT2D eigenvalue weighted by Gasteiger charge is 2.13. The van der Waals surface area contributed by atoms with Crippen LogP contribution < -0.4 is 5.73 Å². The van der Waals surface area contributed by atoms with Gasteiger partial charge in [0.2, 0.25) is 0 Å². The van der Waals surface area contributed by atoms with E-state index in [-0.39, 0.29) is 5.97 Å². The number of rotatable bonds is 7. The van der Waals surface area contributed by atoms with Crippen molar-refractivity contribution in [2.24, 2.45) is 5.73 Å². The number of thioether (sulfide) groups is 1. The van der Waals surface area contributed by atoms with Crippen molar-refractivity contribution in [2.75, 3.05) is 25.4 Å². The number of hydrogen-bond acceptors (Lipinski definition) is 5. The highest BCUT2D eigenvalue weighted by Crippen LogP contribution is 2.04. The van der Waals surface area contributed by atoms with Crippen LogP contribution >= 0.6 is 11.8 Å². The second-order valence-electron chi connectivity index (χ2n) is 2.46. The number of nitrogens with two attached hydrogens (primary N) is 1. The highest BCUT2D eigenvalue weighted by atomic mass is 32.2. The minimum atomic E-state index is -0.496. The van der Waals surface area contributed by atoms with Crippen LogP contribution in [0.1, 0.15) is 13.3 Å². The summed E-state index contributed by atoms with van der Waals surface area (Å²) >= 11 is 1.61. The molecule has 78 valence electrons. The van der Waals surface area contributed by atoms with Crippen LogP contribution in [0, 0.1) is 0 Å². The fourth-order valence-corrected chi connectivity index (χ4v) is 1.42. The molecule has 4 nitrogen and oxygen atoms in total. The van der Waals surface area contributed by atoms with Crippen LogP contribution in [0.25, 0.3) is 0 Å². The molecule has 0 aromatic carbocycles. The topological polar surface area (TPSA) is 61.5 Å². The molecule has 0 aliphatic carbocycles. The van der Waals surface area contributed by atoms with Crippen LogP contribution in [0.4, 0.5) is 0 Å². The van der Waals surface area contributed by atoms with Crippen molar-refractivity contribution in [3.63, 3.8) is 0 Å². The number of esters is 1. The van der Waals surface area contributed by atoms with E-state index < -0.39 is 6.04 Å². The van der Waals surface area contributed by atoms with E-state index in [4.69, 9.17) is 15.2 Å². The molecule has 0 heterocycles. The predicted octanol–water partition coefficient (Wildman–Crippen LogP) is 0.604. The first-order valence-electron chi connectivity index (χ1n) is 4.21. The Kier molecular flexibility index (Phi) is 8.18. The zero-order chi connectivity index (χ0) is 10.1. The van der Waals surface area contributed by atoms with E-state index in [0.717, 1.165) is 5.75 Å². The number of hydrogen-bond donors (Lipinski definition) is 1. The first-order valence-corrected chi connectivity index (χ1v) is 5.36. The second-order valence-corrected chi connectivity index (χ2v) is 3.51. The number of carbonyl (C=O) groups excluding carboxylic acids is 1. The molecule has 5 heteroatoms. The summed E-state index contributed by atoms with van der Waals surface area (Å²) in [6, 6.07) is -0.496. The molecule has 0 fully saturated rings. The Balaban J connectivity index is 3.38. The van der Waals surface area contributed by atoms with Crippen LogP contribution in [0.5, 0.6) is 0 Å². The third kappa shape index (κ3) is 6.86. The van der Waals surface area contributed by atoms with Gasteiger partial charge in [0.25, 0.3) is 0 Å². The van der Waals surface area contributed by atoms with E-state index in [0.29, 0.717) is 19.0 Å². The van der Waals surface area contributed by atoms with Gasteiger partial charge in [0, 0.05) is 7.11 Å². The molecule has 0 saturated carbocycles. The lowest BCUT2D eigenvalue weighted by Gasteiger charge is -2.09. The summed E-state index contributed by atoms with van der Waals surface area (Å²) in [5.74, 6) is 1.13. The van der Waals surface area contributed by atoms with E-state index in [9.17, 15) is 4.79 Å². The number of carbonyl (C=O) groups is 1. The molecule has 0 amide bonds. The van der Waals surface area contributed by atoms with Crippen LogP contribution in [-0.4, -0.2) is 37.4 Å². The molecule has 0 radical (unpaired) electrons. The lowest BCUT2D eigenvalue weighted by atomic mass is 10.2. The number of methoxy groups -OCH3 is 1. The lowest BCUT2D eigenvalue weighted by Crippen LogP contribution is -2.32. The Bertz CT molecular complexity index is 143. The maximum atomic E-state index is 11.0. The molecule has 13 heavy (non-hydrogen) atoms. The zero-order valence-corrected chi connectivity index (χ0v) is 8.93. The van der Waals surface area contributed by atoms with Gasteiger partial charge in [0.1, 0.15) is 6.04 Å². The first kappa shape index (κ1) is 12.7. The van der Waals surface area contributed by atoms with Crippen molar-refractivity contribution in [3.05, 3.63) is 0 Å². The van der Waals surface area contributed by atoms with Gasteiger partial charge < -0.3 is 15.2 Å². The van der Waals surface area contributed by atoms with E-state index in [1.807, 2.05) is 0 Å². The normalized spacial score (nSPS) is 12.5. The SMILES string of the molecule is CCOC(=O)C(N)CCSCOC. The molecule has 2 N–H and O–H groups in total. The summed E-state index contributed by atoms with van der Waals surface area (Å²) in [7, 11) is 1.64. The molecule has 0 bridgehead atoms. The smallest absolute Gasteiger partial charge is 0.322 e. The summed E-state index contributed by atoms with van der Waals surface area (Å²) in [5, 5.41) is 0. The fourth-order valence-electron chi connectivity index (χ4n) is 0.720. The quantitative estimate of drug-likeness (QED) is 0.376. The monoisotopic (exact) mass is 207 g/mol. The third-order valence-corrected chi connectivity index (χ3v) is 2.29. The van der Waals surface area contributed by atoms with Gasteiger partial charge in [0.15, 0.2) is 0 Å². The fraction of sp³-hybridized carbons (Fsp3) is 0.875. The summed E-state index contributed by atoms with van der Waals surface area (Å²) < 4.78 is 9.59. The maximum Gasteiger partial charge on any atom is 0.322 e. The van der Waals surface area contributed by atoms with Crippen LogP contribution in [0.2, 0.25) is 0 Å². The average Bonchev–Trinajstić information content (AvgIpc) is 2.12. The highest BCUT2D eigenvalue weighted by molar-refractivity contribution is 7.99. The molecule has 0 aliphatic rings. The van der Waals surface area contributed by atoms with Crippen LogP contribution in [0.3, 0.4) is 0 Å². The lowest BCUT2D eigenvalue weighted by molar-refractivity contribution is -0.144. The van der Waals surface area contributed by atoms with Gasteiger partial charge in [-0.25, -0.2) is 0 Å². The van der Waals surface area contributed by atoms with Gasteiger partial charge in [-0.3, -0.25) is 4.79 Å². The van der Waals surface area contributed by atoms with Crippen molar-refractivity contribution in [1.82, 2.24) is 0 Å². The van der Waals surface area contributed by atoms with Gasteiger partial charge in [0.05, 0.1) is 12.5 Å². The summed E-state index contributed by atoms with van der Waals surface area (Å²) in [5.41, 5.74) is 5.56. The van der Waals surface area contributed by atoms with E-state index in [1.165, 1.54) is 0 Å². The summed E-state index contributed by atoms with van der Waals surface area (Å²) in [6.07, 6.45) is 0.632. The Morgan fingerprint density at radius 2 is 2.31 bits per heavy atom. The van der Waals surface area contributed by atoms with Crippen molar-refractivity contribution >= 4 is 17.7 Å². The molecule has 0 rings (SSSR count). The van der Waals surface area contributed by atoms with Crippen molar-refractivity contribution in [2.45, 2.75) is 19.4 Å². The van der Waals surface area contributed by atoms with Gasteiger partial charge in [-0.15, -0.1) is 11.8 Å². The maximum absolute atomic E-state index is 11.0. The number of ether oxygens (including phenoxy) is 2. The van der Waals surface area contributed by atoms with Crippen LogP contribution in [-0.2, 0) is 14.3 Å². The van der Waals surface area contributed by atoms with Gasteiger partial charge in [-0.05, 0) is 19.1 Å². The molecular formula is C8H17NO3S. The zero-order valence-electron chi connectivity index (χ0n) is 8.12. The molecule has 1 atom stereocenters. The van der Waals surface area contributed by atoms with Gasteiger partial charge in [-0.2, -0.15) is 0 Å². The second kappa shape index (κ2) is 8.34. The first-order chi connectivity index (χ1) is 6.22. The standard InChI is InChI=1S/C8H17NO3S/c1-3-12-8(10)7(9)4-5-13-6-11-2/h7H,3-6,9H2,1-2H3. The Morgan fingerprint density at radius 3 is 2.85 bits per heavy atom. The summed E-state index contributed by atoms with van der Waals surface area (Å²) in [4.78, 5) is 11.0. The minimum absolute atomic E-state index is 0.319. The third-order valence-electron chi connectivity index (χ3n) is 1.36. The van der Waals surface area contributed by atoms with Gasteiger partial charge >= 0.3 is 5.97 Å². The largest absolute Gasteiger partial charge is 0.465 e. The molecule has 0 spiro atoms. The average molecular weight is 207 g/mol. The van der Waals surface area contributed by atoms with Crippen molar-refractivity contribution < 1.29 is 14.3 Å². The summed E-state index contributed by atoms with van der Waals surface area (Å²) in [6.45, 7) is 2.15. The van der Waals surface area contributed by atoms with Crippen LogP contribution in [0.15, 0.2) is 0 Å². The van der Waals surface area contributed by atoms with Crippen molar-refractivity contribution in [1.29, 1.82) is 0 Å². The Labute approximate surface area is 83.1 Å². The predicted molar refractivity (Wildman–Crippen MR) is 53.6 cm³/mol. The minimum Gasteiger partial charge on any atom is -0.465 e. The molecule has 0 aromatic rings. The molecule has 1 unspecified atom stereocenters. The van der Waals surface area contributed by atoms with Gasteiger partial charge in [-0.1, -0.05) is 0 Å². The Morgan fingerprint density at radius 1 is 1.62 bits per heavy atom.